The van der Waals surface area contributed by atoms with Crippen molar-refractivity contribution in [3.63, 3.8) is 0 Å². The molecule has 5 amide bonds. The van der Waals surface area contributed by atoms with Crippen molar-refractivity contribution in [1.29, 1.82) is 0 Å². The molecule has 3 unspecified atom stereocenters. The molecule has 3 atom stereocenters. The number of piperidine rings is 1. The van der Waals surface area contributed by atoms with Gasteiger partial charge in [0, 0.05) is 39.1 Å². The number of likely N-dealkylation sites (tertiary alicyclic amines) is 1. The molecule has 52 heavy (non-hydrogen) atoms. The van der Waals surface area contributed by atoms with Crippen molar-refractivity contribution >= 4 is 29.7 Å². The second-order valence-corrected chi connectivity index (χ2v) is 13.9. The Kier molecular flexibility index (Phi) is 17.0. The lowest BCUT2D eigenvalue weighted by Crippen LogP contribution is -2.61. The maximum Gasteiger partial charge on any atom is 0.325 e. The van der Waals surface area contributed by atoms with E-state index in [0.717, 1.165) is 11.1 Å². The van der Waals surface area contributed by atoms with E-state index in [0.29, 0.717) is 38.8 Å². The number of unbranched alkanes of at least 4 members (excludes halogenated alkanes) is 1. The van der Waals surface area contributed by atoms with E-state index >= 15 is 0 Å². The highest BCUT2D eigenvalue weighted by atomic mass is 16.5. The summed E-state index contributed by atoms with van der Waals surface area (Å²) >= 11 is 0. The summed E-state index contributed by atoms with van der Waals surface area (Å²) in [4.78, 5) is 70.8. The first-order chi connectivity index (χ1) is 24.9. The number of urea groups is 1. The van der Waals surface area contributed by atoms with Crippen molar-refractivity contribution in [2.45, 2.75) is 89.0 Å². The summed E-state index contributed by atoms with van der Waals surface area (Å²) in [6.45, 7) is 5.55. The quantitative estimate of drug-likeness (QED) is 0.0912. The average molecular weight is 723 g/mol. The van der Waals surface area contributed by atoms with Gasteiger partial charge < -0.3 is 47.7 Å². The zero-order valence-electron chi connectivity index (χ0n) is 30.9. The van der Waals surface area contributed by atoms with Gasteiger partial charge in [0.1, 0.15) is 23.7 Å². The molecule has 0 saturated carbocycles. The van der Waals surface area contributed by atoms with E-state index in [9.17, 15) is 24.0 Å². The molecule has 0 bridgehead atoms. The Bertz CT molecular complexity index is 1440. The minimum atomic E-state index is -1.18. The van der Waals surface area contributed by atoms with Gasteiger partial charge in [-0.1, -0.05) is 74.5 Å². The van der Waals surface area contributed by atoms with Crippen LogP contribution in [0.1, 0.15) is 63.5 Å². The number of hydrogen-bond donors (Lipinski definition) is 6. The lowest BCUT2D eigenvalue weighted by molar-refractivity contribution is -0.151. The molecule has 14 heteroatoms. The topological polar surface area (TPSA) is 215 Å². The van der Waals surface area contributed by atoms with Crippen molar-refractivity contribution < 1.29 is 28.7 Å². The summed E-state index contributed by atoms with van der Waals surface area (Å²) in [5.41, 5.74) is 18.4. The van der Waals surface area contributed by atoms with Crippen molar-refractivity contribution in [2.24, 2.45) is 23.1 Å². The number of hydrogen-bond acceptors (Lipinski definition) is 9. The van der Waals surface area contributed by atoms with Gasteiger partial charge in [-0.25, -0.2) is 4.79 Å². The molecular formula is C38H58N8O6. The zero-order valence-corrected chi connectivity index (χ0v) is 30.9. The Morgan fingerprint density at radius 3 is 1.94 bits per heavy atom. The average Bonchev–Trinajstić information content (AvgIpc) is 3.14. The first-order valence-electron chi connectivity index (χ1n) is 18.2. The molecular weight excluding hydrogens is 664 g/mol. The maximum atomic E-state index is 14.0. The molecule has 1 aliphatic heterocycles. The Morgan fingerprint density at radius 1 is 0.808 bits per heavy atom. The van der Waals surface area contributed by atoms with Gasteiger partial charge in [-0.3, -0.25) is 19.2 Å². The van der Waals surface area contributed by atoms with E-state index in [-0.39, 0.29) is 57.3 Å². The Morgan fingerprint density at radius 2 is 1.38 bits per heavy atom. The van der Waals surface area contributed by atoms with Gasteiger partial charge in [-0.05, 0) is 62.1 Å². The number of methoxy groups -OCH3 is 1. The van der Waals surface area contributed by atoms with Crippen LogP contribution in [0.5, 0.6) is 0 Å². The summed E-state index contributed by atoms with van der Waals surface area (Å²) in [6.07, 6.45) is 2.52. The Balaban J connectivity index is 1.80. The number of esters is 1. The summed E-state index contributed by atoms with van der Waals surface area (Å²) in [5, 5.41) is 8.70. The smallest absolute Gasteiger partial charge is 0.325 e. The molecule has 1 fully saturated rings. The highest BCUT2D eigenvalue weighted by Gasteiger charge is 2.41. The van der Waals surface area contributed by atoms with E-state index in [1.165, 1.54) is 7.11 Å². The second kappa shape index (κ2) is 21.1. The zero-order chi connectivity index (χ0) is 38.1. The summed E-state index contributed by atoms with van der Waals surface area (Å²) in [6, 6.07) is 15.4. The number of ether oxygens (including phenoxy) is 1. The minimum absolute atomic E-state index is 0.00798. The van der Waals surface area contributed by atoms with Gasteiger partial charge >= 0.3 is 12.0 Å². The van der Waals surface area contributed by atoms with Gasteiger partial charge in [0.05, 0.1) is 7.11 Å². The fourth-order valence-corrected chi connectivity index (χ4v) is 6.26. The number of rotatable bonds is 19. The Hall–Kier alpha value is -4.53. The van der Waals surface area contributed by atoms with E-state index in [4.69, 9.17) is 21.9 Å². The molecule has 3 rings (SSSR count). The van der Waals surface area contributed by atoms with E-state index in [1.54, 1.807) is 9.80 Å². The molecule has 0 radical (unpaired) electrons. The highest BCUT2D eigenvalue weighted by Crippen LogP contribution is 2.22. The third-order valence-corrected chi connectivity index (χ3v) is 9.26. The number of nitrogens with two attached hydrogens (primary N) is 3. The van der Waals surface area contributed by atoms with Crippen LogP contribution < -0.4 is 33.2 Å². The third kappa shape index (κ3) is 12.9. The lowest BCUT2D eigenvalue weighted by Gasteiger charge is -2.38. The standard InChI is InChI=1S/C38H58N8O6/c1-27(2)24-31(33(47)42-30(16-10-11-19-39)35(49)45-21-17-38(41,18-22-45)36(50)52-3)43-34(48)32(25-28-12-6-4-7-13-28)44-37(51)46(23-20-40)26-29-14-8-5-9-15-29/h4-9,12-15,27,30-32H,10-11,16-26,39-41H2,1-3H3,(H,42,47)(H,43,48)(H,44,51). The predicted octanol–water partition coefficient (Wildman–Crippen LogP) is 1.41. The number of benzene rings is 2. The SMILES string of the molecule is COC(=O)C1(N)CCN(C(=O)C(CCCCN)NC(=O)C(CC(C)C)NC(=O)C(Cc2ccccc2)NC(=O)N(CCN)Cc2ccccc2)CC1. The molecule has 2 aromatic carbocycles. The van der Waals surface area contributed by atoms with Crippen LogP contribution in [0.15, 0.2) is 60.7 Å². The molecule has 1 heterocycles. The normalized spacial score (nSPS) is 15.6. The predicted molar refractivity (Wildman–Crippen MR) is 199 cm³/mol. The molecule has 0 aromatic heterocycles. The number of nitrogens with zero attached hydrogens (tertiary/aromatic N) is 2. The van der Waals surface area contributed by atoms with Crippen molar-refractivity contribution in [2.75, 3.05) is 39.8 Å². The van der Waals surface area contributed by atoms with Gasteiger partial charge in [0.2, 0.25) is 17.7 Å². The lowest BCUT2D eigenvalue weighted by atomic mass is 9.88. The van der Waals surface area contributed by atoms with E-state index in [1.807, 2.05) is 74.5 Å². The van der Waals surface area contributed by atoms with Crippen LogP contribution in [0.25, 0.3) is 0 Å². The van der Waals surface area contributed by atoms with Gasteiger partial charge in [0.15, 0.2) is 0 Å². The highest BCUT2D eigenvalue weighted by molar-refractivity contribution is 5.94. The number of amides is 5. The number of carbonyl (C=O) groups is 5. The molecule has 1 aliphatic rings. The molecule has 9 N–H and O–H groups in total. The van der Waals surface area contributed by atoms with Crippen LogP contribution in [0.2, 0.25) is 0 Å². The first kappa shape index (κ1) is 41.9. The molecule has 2 aromatic rings. The summed E-state index contributed by atoms with van der Waals surface area (Å²) < 4.78 is 4.86. The van der Waals surface area contributed by atoms with Crippen molar-refractivity contribution in [1.82, 2.24) is 25.8 Å². The first-order valence-corrected chi connectivity index (χ1v) is 18.2. The van der Waals surface area contributed by atoms with E-state index in [2.05, 4.69) is 16.0 Å². The van der Waals surface area contributed by atoms with Crippen LogP contribution in [-0.2, 0) is 36.9 Å². The molecule has 0 spiro atoms. The van der Waals surface area contributed by atoms with Crippen molar-refractivity contribution in [3.05, 3.63) is 71.8 Å². The van der Waals surface area contributed by atoms with Gasteiger partial charge in [-0.15, -0.1) is 0 Å². The van der Waals surface area contributed by atoms with Gasteiger partial charge in [-0.2, -0.15) is 0 Å². The molecule has 286 valence electrons. The van der Waals surface area contributed by atoms with Gasteiger partial charge in [0.25, 0.3) is 0 Å². The number of nitrogens with one attached hydrogen (secondary N) is 3. The fourth-order valence-electron chi connectivity index (χ4n) is 6.26. The second-order valence-electron chi connectivity index (χ2n) is 13.9. The molecule has 0 aliphatic carbocycles. The number of carbonyl (C=O) groups excluding carboxylic acids is 5. The molecule has 14 nitrogen and oxygen atoms in total. The minimum Gasteiger partial charge on any atom is -0.468 e. The Labute approximate surface area is 307 Å². The third-order valence-electron chi connectivity index (χ3n) is 9.26. The monoisotopic (exact) mass is 722 g/mol. The van der Waals surface area contributed by atoms with Crippen LogP contribution in [-0.4, -0.2) is 103 Å². The van der Waals surface area contributed by atoms with E-state index < -0.39 is 47.5 Å². The summed E-state index contributed by atoms with van der Waals surface area (Å²) in [5.74, 6) is -1.85. The molecule has 1 saturated heterocycles. The van der Waals surface area contributed by atoms with Crippen molar-refractivity contribution in [3.8, 4) is 0 Å². The van der Waals surface area contributed by atoms with Crippen LogP contribution >= 0.6 is 0 Å². The fraction of sp³-hybridized carbons (Fsp3) is 0.553. The van der Waals surface area contributed by atoms with Crippen LogP contribution in [0, 0.1) is 5.92 Å². The largest absolute Gasteiger partial charge is 0.468 e. The van der Waals surface area contributed by atoms with Crippen LogP contribution in [0.3, 0.4) is 0 Å². The summed E-state index contributed by atoms with van der Waals surface area (Å²) in [7, 11) is 1.28. The van der Waals surface area contributed by atoms with Crippen LogP contribution in [0.4, 0.5) is 4.79 Å². The maximum absolute atomic E-state index is 14.0.